The first-order chi connectivity index (χ1) is 9.33. The van der Waals surface area contributed by atoms with Gasteiger partial charge in [-0.15, -0.1) is 22.7 Å². The Morgan fingerprint density at radius 2 is 2.00 bits per heavy atom. The van der Waals surface area contributed by atoms with Gasteiger partial charge in [-0.25, -0.2) is 4.98 Å². The van der Waals surface area contributed by atoms with E-state index in [-0.39, 0.29) is 0 Å². The molecule has 19 heavy (non-hydrogen) atoms. The maximum atomic E-state index is 6.22. The molecule has 0 radical (unpaired) electrons. The summed E-state index contributed by atoms with van der Waals surface area (Å²) in [6, 6.07) is 0. The number of nitrogens with zero attached hydrogens (tertiary/aromatic N) is 1. The van der Waals surface area contributed by atoms with Crippen LogP contribution in [0.3, 0.4) is 0 Å². The summed E-state index contributed by atoms with van der Waals surface area (Å²) in [6.45, 7) is 3.03. The van der Waals surface area contributed by atoms with Gasteiger partial charge in [0.1, 0.15) is 27.4 Å². The number of thiophene rings is 1. The largest absolute Gasteiger partial charge is 0.484 e. The van der Waals surface area contributed by atoms with Crippen molar-refractivity contribution in [3.63, 3.8) is 0 Å². The van der Waals surface area contributed by atoms with Crippen molar-refractivity contribution in [2.75, 3.05) is 19.8 Å². The molecule has 0 bridgehead atoms. The van der Waals surface area contributed by atoms with E-state index in [1.54, 1.807) is 11.3 Å². The first-order valence-electron chi connectivity index (χ1n) is 6.10. The van der Waals surface area contributed by atoms with Gasteiger partial charge in [0.2, 0.25) is 0 Å². The third-order valence-electron chi connectivity index (χ3n) is 3.16. The Morgan fingerprint density at radius 1 is 1.16 bits per heavy atom. The van der Waals surface area contributed by atoms with E-state index in [0.29, 0.717) is 23.3 Å². The first kappa shape index (κ1) is 12.0. The Kier molecular flexibility index (Phi) is 2.91. The molecule has 2 aromatic heterocycles. The minimum Gasteiger partial charge on any atom is -0.484 e. The van der Waals surface area contributed by atoms with Gasteiger partial charge in [-0.2, -0.15) is 0 Å². The second-order valence-electron chi connectivity index (χ2n) is 4.38. The van der Waals surface area contributed by atoms with Crippen LogP contribution >= 0.6 is 34.3 Å². The summed E-state index contributed by atoms with van der Waals surface area (Å²) in [4.78, 5) is 7.05. The predicted molar refractivity (Wildman–Crippen MR) is 76.8 cm³/mol. The van der Waals surface area contributed by atoms with Gasteiger partial charge in [-0.1, -0.05) is 11.6 Å². The van der Waals surface area contributed by atoms with E-state index >= 15 is 0 Å². The van der Waals surface area contributed by atoms with E-state index in [4.69, 9.17) is 26.1 Å². The van der Waals surface area contributed by atoms with E-state index < -0.39 is 0 Å². The van der Waals surface area contributed by atoms with Crippen molar-refractivity contribution in [3.05, 3.63) is 14.9 Å². The van der Waals surface area contributed by atoms with Crippen molar-refractivity contribution >= 4 is 34.3 Å². The number of hydrogen-bond acceptors (Lipinski definition) is 6. The van der Waals surface area contributed by atoms with E-state index in [1.165, 1.54) is 21.9 Å². The SMILES string of the molecule is Clc1sc(-c2nc3c(s2)CNCC3)c2c1OCCO2. The topological polar surface area (TPSA) is 43.4 Å². The molecule has 0 saturated carbocycles. The van der Waals surface area contributed by atoms with E-state index in [0.717, 1.165) is 35.1 Å². The van der Waals surface area contributed by atoms with Crippen molar-refractivity contribution in [1.82, 2.24) is 10.3 Å². The summed E-state index contributed by atoms with van der Waals surface area (Å²) in [7, 11) is 0. The Hall–Kier alpha value is -0.820. The van der Waals surface area contributed by atoms with Crippen LogP contribution in [-0.2, 0) is 13.0 Å². The van der Waals surface area contributed by atoms with Gasteiger partial charge in [-0.3, -0.25) is 0 Å². The molecule has 0 spiro atoms. The smallest absolute Gasteiger partial charge is 0.191 e. The molecule has 1 N–H and O–H groups in total. The minimum atomic E-state index is 0.557. The number of thiazole rings is 1. The number of halogens is 1. The van der Waals surface area contributed by atoms with Crippen LogP contribution < -0.4 is 14.8 Å². The number of nitrogens with one attached hydrogen (secondary N) is 1. The summed E-state index contributed by atoms with van der Waals surface area (Å²) in [5.41, 5.74) is 1.20. The molecule has 4 nitrogen and oxygen atoms in total. The third-order valence-corrected chi connectivity index (χ3v) is 5.75. The number of ether oxygens (including phenoxy) is 2. The fourth-order valence-electron chi connectivity index (χ4n) is 2.28. The van der Waals surface area contributed by atoms with Crippen LogP contribution in [0.25, 0.3) is 9.88 Å². The monoisotopic (exact) mass is 314 g/mol. The second-order valence-corrected chi connectivity index (χ2v) is 7.08. The molecule has 0 atom stereocenters. The van der Waals surface area contributed by atoms with Crippen LogP contribution in [0.15, 0.2) is 0 Å². The highest BCUT2D eigenvalue weighted by atomic mass is 35.5. The fourth-order valence-corrected chi connectivity index (χ4v) is 4.72. The average Bonchev–Trinajstić information content (AvgIpc) is 3.01. The molecule has 0 unspecified atom stereocenters. The number of fused-ring (bicyclic) bond motifs is 2. The van der Waals surface area contributed by atoms with Crippen LogP contribution in [0.5, 0.6) is 11.5 Å². The molecule has 0 fully saturated rings. The average molecular weight is 315 g/mol. The zero-order valence-electron chi connectivity index (χ0n) is 9.99. The van der Waals surface area contributed by atoms with E-state index in [9.17, 15) is 0 Å². The molecule has 4 rings (SSSR count). The number of hydrogen-bond donors (Lipinski definition) is 1. The molecule has 2 aromatic rings. The van der Waals surface area contributed by atoms with Crippen molar-refractivity contribution < 1.29 is 9.47 Å². The molecular formula is C12H11ClN2O2S2. The van der Waals surface area contributed by atoms with Crippen LogP contribution in [-0.4, -0.2) is 24.7 Å². The van der Waals surface area contributed by atoms with E-state index in [2.05, 4.69) is 5.32 Å². The van der Waals surface area contributed by atoms with Gasteiger partial charge in [-0.05, 0) is 0 Å². The predicted octanol–water partition coefficient (Wildman–Crippen LogP) is 2.94. The number of rotatable bonds is 1. The lowest BCUT2D eigenvalue weighted by atomic mass is 10.2. The molecule has 4 heterocycles. The summed E-state index contributed by atoms with van der Waals surface area (Å²) in [5, 5.41) is 4.36. The zero-order valence-corrected chi connectivity index (χ0v) is 12.4. The van der Waals surface area contributed by atoms with Gasteiger partial charge < -0.3 is 14.8 Å². The standard InChI is InChI=1S/C12H11ClN2O2S2/c13-11-9-8(16-3-4-17-9)10(19-11)12-15-6-1-2-14-5-7(6)18-12/h14H,1-5H2. The Labute approximate surface area is 123 Å². The molecule has 100 valence electrons. The highest BCUT2D eigenvalue weighted by Gasteiger charge is 2.27. The highest BCUT2D eigenvalue weighted by Crippen LogP contribution is 2.52. The van der Waals surface area contributed by atoms with Crippen molar-refractivity contribution in [3.8, 4) is 21.4 Å². The van der Waals surface area contributed by atoms with Crippen LogP contribution in [0, 0.1) is 0 Å². The van der Waals surface area contributed by atoms with Gasteiger partial charge in [0.15, 0.2) is 11.5 Å². The molecule has 0 aromatic carbocycles. The van der Waals surface area contributed by atoms with Crippen LogP contribution in [0.2, 0.25) is 4.34 Å². The van der Waals surface area contributed by atoms with Gasteiger partial charge in [0.25, 0.3) is 0 Å². The molecule has 2 aliphatic rings. The lowest BCUT2D eigenvalue weighted by molar-refractivity contribution is 0.174. The zero-order chi connectivity index (χ0) is 12.8. The second kappa shape index (κ2) is 4.63. The van der Waals surface area contributed by atoms with Crippen molar-refractivity contribution in [2.45, 2.75) is 13.0 Å². The molecule has 2 aliphatic heterocycles. The van der Waals surface area contributed by atoms with Crippen molar-refractivity contribution in [1.29, 1.82) is 0 Å². The third kappa shape index (κ3) is 1.94. The lowest BCUT2D eigenvalue weighted by Crippen LogP contribution is -2.22. The molecular weight excluding hydrogens is 304 g/mol. The molecule has 0 amide bonds. The molecule has 0 aliphatic carbocycles. The molecule has 0 saturated heterocycles. The quantitative estimate of drug-likeness (QED) is 0.879. The Morgan fingerprint density at radius 3 is 2.84 bits per heavy atom. The highest BCUT2D eigenvalue weighted by molar-refractivity contribution is 7.24. The lowest BCUT2D eigenvalue weighted by Gasteiger charge is -2.15. The maximum absolute atomic E-state index is 6.22. The van der Waals surface area contributed by atoms with Crippen LogP contribution in [0.1, 0.15) is 10.6 Å². The normalized spacial score (nSPS) is 17.3. The Bertz CT molecular complexity index is 614. The first-order valence-corrected chi connectivity index (χ1v) is 8.11. The van der Waals surface area contributed by atoms with Gasteiger partial charge in [0.05, 0.1) is 5.69 Å². The maximum Gasteiger partial charge on any atom is 0.191 e. The van der Waals surface area contributed by atoms with Gasteiger partial charge in [0, 0.05) is 24.4 Å². The van der Waals surface area contributed by atoms with Gasteiger partial charge >= 0.3 is 0 Å². The summed E-state index contributed by atoms with van der Waals surface area (Å²) < 4.78 is 11.9. The Balaban J connectivity index is 1.82. The summed E-state index contributed by atoms with van der Waals surface area (Å²) in [6.07, 6.45) is 0.991. The number of aromatic nitrogens is 1. The summed E-state index contributed by atoms with van der Waals surface area (Å²) >= 11 is 9.42. The minimum absolute atomic E-state index is 0.557. The fraction of sp³-hybridized carbons (Fsp3) is 0.417. The molecule has 7 heteroatoms. The van der Waals surface area contributed by atoms with Crippen LogP contribution in [0.4, 0.5) is 0 Å². The van der Waals surface area contributed by atoms with Crippen molar-refractivity contribution in [2.24, 2.45) is 0 Å². The van der Waals surface area contributed by atoms with E-state index in [1.807, 2.05) is 0 Å². The summed E-state index contributed by atoms with van der Waals surface area (Å²) in [5.74, 6) is 1.44.